The molecular weight excluding hydrogens is 422 g/mol. The Kier molecular flexibility index (Phi) is 4.89. The lowest BCUT2D eigenvalue weighted by atomic mass is 9.89. The Morgan fingerprint density at radius 3 is 2.72 bits per heavy atom. The molecule has 1 atom stereocenters. The van der Waals surface area contributed by atoms with Crippen LogP contribution in [-0.2, 0) is 12.8 Å². The Morgan fingerprint density at radius 1 is 1.16 bits per heavy atom. The van der Waals surface area contributed by atoms with Gasteiger partial charge in [-0.3, -0.25) is 9.69 Å². The lowest BCUT2D eigenvalue weighted by Gasteiger charge is -2.35. The van der Waals surface area contributed by atoms with E-state index in [9.17, 15) is 9.90 Å². The van der Waals surface area contributed by atoms with E-state index in [0.29, 0.717) is 18.1 Å². The number of nitrogens with zero attached hydrogens (tertiary/aromatic N) is 5. The second-order valence-corrected chi connectivity index (χ2v) is 10.2. The minimum Gasteiger partial charge on any atom is -0.395 e. The van der Waals surface area contributed by atoms with Gasteiger partial charge < -0.3 is 10.0 Å². The van der Waals surface area contributed by atoms with E-state index in [1.807, 2.05) is 18.2 Å². The van der Waals surface area contributed by atoms with Gasteiger partial charge in [0.2, 0.25) is 0 Å². The number of β-amino-alcohol motifs (C(OH)–C–C–N with tert-alkyl or cyclic N) is 1. The number of hydrogen-bond donors (Lipinski definition) is 1. The van der Waals surface area contributed by atoms with Gasteiger partial charge in [0.1, 0.15) is 4.83 Å². The van der Waals surface area contributed by atoms with Crippen molar-refractivity contribution in [3.63, 3.8) is 0 Å². The second kappa shape index (κ2) is 7.79. The standard InChI is InChI=1S/C24H27N5O2S/c1-15-6-7-18-19(14-15)32-23-20(18)24(31)29-21(25-23)16-4-2-3-5-17(16)22(26-29)28-10-8-27(9-11-28)12-13-30/h2-5,15,30H,6-14H2,1H3/t15-/m0/s1. The van der Waals surface area contributed by atoms with Crippen LogP contribution >= 0.6 is 11.3 Å². The van der Waals surface area contributed by atoms with Gasteiger partial charge in [0.15, 0.2) is 11.5 Å². The zero-order valence-corrected chi connectivity index (χ0v) is 19.1. The van der Waals surface area contributed by atoms with Crippen LogP contribution in [0.5, 0.6) is 0 Å². The number of aliphatic hydroxyl groups excluding tert-OH is 1. The van der Waals surface area contributed by atoms with E-state index in [2.05, 4.69) is 22.8 Å². The van der Waals surface area contributed by atoms with Crippen LogP contribution in [0, 0.1) is 5.92 Å². The fourth-order valence-electron chi connectivity index (χ4n) is 5.23. The van der Waals surface area contributed by atoms with Crippen molar-refractivity contribution in [3.8, 4) is 0 Å². The molecule has 0 unspecified atom stereocenters. The fraction of sp³-hybridized carbons (Fsp3) is 0.458. The van der Waals surface area contributed by atoms with Gasteiger partial charge in [-0.25, -0.2) is 4.98 Å². The first-order chi connectivity index (χ1) is 15.6. The summed E-state index contributed by atoms with van der Waals surface area (Å²) in [4.78, 5) is 25.4. The lowest BCUT2D eigenvalue weighted by Crippen LogP contribution is -2.47. The zero-order chi connectivity index (χ0) is 21.8. The van der Waals surface area contributed by atoms with E-state index < -0.39 is 0 Å². The third kappa shape index (κ3) is 3.12. The fourth-order valence-corrected chi connectivity index (χ4v) is 6.60. The van der Waals surface area contributed by atoms with E-state index in [1.165, 1.54) is 10.4 Å². The molecule has 1 saturated heterocycles. The number of rotatable bonds is 3. The molecule has 8 heteroatoms. The van der Waals surface area contributed by atoms with Gasteiger partial charge in [0.05, 0.1) is 12.0 Å². The van der Waals surface area contributed by atoms with E-state index in [4.69, 9.17) is 10.1 Å². The maximum atomic E-state index is 13.7. The number of aromatic nitrogens is 3. The first kappa shape index (κ1) is 20.1. The smallest absolute Gasteiger partial charge is 0.283 e. The summed E-state index contributed by atoms with van der Waals surface area (Å²) in [5.74, 6) is 1.50. The molecule has 0 radical (unpaired) electrons. The maximum absolute atomic E-state index is 13.7. The van der Waals surface area contributed by atoms with Gasteiger partial charge in [0, 0.05) is 48.4 Å². The van der Waals surface area contributed by atoms with E-state index in [0.717, 1.165) is 72.2 Å². The summed E-state index contributed by atoms with van der Waals surface area (Å²) in [6.07, 6.45) is 3.11. The first-order valence-electron chi connectivity index (χ1n) is 11.5. The van der Waals surface area contributed by atoms with Crippen LogP contribution in [0.15, 0.2) is 29.1 Å². The van der Waals surface area contributed by atoms with Crippen LogP contribution in [0.3, 0.4) is 0 Å². The lowest BCUT2D eigenvalue weighted by molar-refractivity contribution is 0.188. The second-order valence-electron chi connectivity index (χ2n) is 9.11. The molecule has 0 amide bonds. The minimum absolute atomic E-state index is 0.0389. The van der Waals surface area contributed by atoms with Crippen molar-refractivity contribution in [2.45, 2.75) is 26.2 Å². The van der Waals surface area contributed by atoms with Gasteiger partial charge in [-0.2, -0.15) is 4.52 Å². The summed E-state index contributed by atoms with van der Waals surface area (Å²) >= 11 is 1.69. The Bertz CT molecular complexity index is 1390. The summed E-state index contributed by atoms with van der Waals surface area (Å²) in [7, 11) is 0. The van der Waals surface area contributed by atoms with E-state index in [1.54, 1.807) is 15.9 Å². The number of piperazine rings is 1. The van der Waals surface area contributed by atoms with Gasteiger partial charge in [-0.1, -0.05) is 31.2 Å². The Balaban J connectivity index is 1.55. The molecular formula is C24H27N5O2S. The SMILES string of the molecule is C[C@H]1CCc2c(sc3nc4c5ccccc5c(N5CCN(CCO)CC5)nn4c(=O)c23)C1. The van der Waals surface area contributed by atoms with Gasteiger partial charge in [-0.05, 0) is 30.7 Å². The number of thiophene rings is 1. The molecule has 0 bridgehead atoms. The van der Waals surface area contributed by atoms with Crippen molar-refractivity contribution in [2.24, 2.45) is 5.92 Å². The molecule has 2 aliphatic rings. The number of benzene rings is 1. The number of aryl methyl sites for hydroxylation is 1. The third-order valence-electron chi connectivity index (χ3n) is 7.00. The Hall–Kier alpha value is -2.55. The van der Waals surface area contributed by atoms with Gasteiger partial charge in [-0.15, -0.1) is 16.4 Å². The van der Waals surface area contributed by atoms with Crippen LogP contribution in [0.4, 0.5) is 5.82 Å². The topological polar surface area (TPSA) is 74.0 Å². The largest absolute Gasteiger partial charge is 0.395 e. The van der Waals surface area contributed by atoms with Crippen molar-refractivity contribution >= 4 is 43.8 Å². The molecule has 1 aliphatic carbocycles. The molecule has 1 fully saturated rings. The predicted molar refractivity (Wildman–Crippen MR) is 129 cm³/mol. The summed E-state index contributed by atoms with van der Waals surface area (Å²) in [6, 6.07) is 8.15. The summed E-state index contributed by atoms with van der Waals surface area (Å²) in [5, 5.41) is 16.9. The van der Waals surface area contributed by atoms with Crippen LogP contribution in [0.2, 0.25) is 0 Å². The molecule has 0 spiro atoms. The Morgan fingerprint density at radius 2 is 1.94 bits per heavy atom. The van der Waals surface area contributed by atoms with Crippen molar-refractivity contribution in [2.75, 3.05) is 44.2 Å². The van der Waals surface area contributed by atoms with Crippen LogP contribution in [0.25, 0.3) is 26.6 Å². The maximum Gasteiger partial charge on any atom is 0.283 e. The monoisotopic (exact) mass is 449 g/mol. The molecule has 4 heterocycles. The quantitative estimate of drug-likeness (QED) is 0.485. The summed E-state index contributed by atoms with van der Waals surface area (Å²) < 4.78 is 1.55. The third-order valence-corrected chi connectivity index (χ3v) is 8.15. The molecule has 32 heavy (non-hydrogen) atoms. The highest BCUT2D eigenvalue weighted by Crippen LogP contribution is 2.37. The highest BCUT2D eigenvalue weighted by molar-refractivity contribution is 7.18. The van der Waals surface area contributed by atoms with E-state index >= 15 is 0 Å². The molecule has 1 aliphatic heterocycles. The average molecular weight is 450 g/mol. The molecule has 166 valence electrons. The number of hydrogen-bond acceptors (Lipinski definition) is 7. The van der Waals surface area contributed by atoms with Gasteiger partial charge >= 0.3 is 0 Å². The molecule has 7 nitrogen and oxygen atoms in total. The molecule has 6 rings (SSSR count). The van der Waals surface area contributed by atoms with Crippen molar-refractivity contribution in [1.82, 2.24) is 19.5 Å². The summed E-state index contributed by atoms with van der Waals surface area (Å²) in [5.41, 5.74) is 1.81. The van der Waals surface area contributed by atoms with Crippen LogP contribution < -0.4 is 10.5 Å². The van der Waals surface area contributed by atoms with E-state index in [-0.39, 0.29) is 12.2 Å². The molecule has 1 aromatic carbocycles. The minimum atomic E-state index is -0.0389. The molecule has 3 aromatic heterocycles. The summed E-state index contributed by atoms with van der Waals surface area (Å²) in [6.45, 7) is 6.54. The molecule has 0 saturated carbocycles. The van der Waals surface area contributed by atoms with Crippen molar-refractivity contribution in [3.05, 3.63) is 45.1 Å². The number of anilines is 1. The van der Waals surface area contributed by atoms with Crippen LogP contribution in [-0.4, -0.2) is 63.9 Å². The van der Waals surface area contributed by atoms with Crippen molar-refractivity contribution in [1.29, 1.82) is 0 Å². The molecule has 1 N–H and O–H groups in total. The predicted octanol–water partition coefficient (Wildman–Crippen LogP) is 2.70. The highest BCUT2D eigenvalue weighted by Gasteiger charge is 2.26. The van der Waals surface area contributed by atoms with Crippen molar-refractivity contribution < 1.29 is 5.11 Å². The first-order valence-corrected chi connectivity index (χ1v) is 12.3. The van der Waals surface area contributed by atoms with Gasteiger partial charge in [0.25, 0.3) is 5.56 Å². The number of fused-ring (bicyclic) bond motifs is 6. The zero-order valence-electron chi connectivity index (χ0n) is 18.3. The Labute approximate surface area is 189 Å². The number of aliphatic hydroxyl groups is 1. The average Bonchev–Trinajstić information content (AvgIpc) is 3.17. The highest BCUT2D eigenvalue weighted by atomic mass is 32.1. The normalized spacial score (nSPS) is 19.8. The van der Waals surface area contributed by atoms with Crippen LogP contribution in [0.1, 0.15) is 23.8 Å². The molecule has 4 aromatic rings.